The Balaban J connectivity index is 1.56. The number of likely N-dealkylation sites (N-methyl/N-ethyl adjacent to an activating group) is 1. The highest BCUT2D eigenvalue weighted by molar-refractivity contribution is 7.91. The molecule has 1 fully saturated rings. The number of fused-ring (bicyclic) bond motifs is 1. The molecule has 0 spiro atoms. The predicted octanol–water partition coefficient (Wildman–Crippen LogP) is 1.37. The largest absolute Gasteiger partial charge is 0.452 e. The molecule has 25 heavy (non-hydrogen) atoms. The van der Waals surface area contributed by atoms with E-state index in [1.807, 2.05) is 12.1 Å². The van der Waals surface area contributed by atoms with Gasteiger partial charge in [0, 0.05) is 13.1 Å². The smallest absolute Gasteiger partial charge is 0.338 e. The Hall–Kier alpha value is -1.89. The van der Waals surface area contributed by atoms with Gasteiger partial charge in [0.1, 0.15) is 0 Å². The Bertz CT molecular complexity index is 787. The van der Waals surface area contributed by atoms with Gasteiger partial charge in [-0.25, -0.2) is 13.2 Å². The standard InChI is InChI=1S/C18H23NO5S/c1-19(16-8-9-25(22,23)12-16)17(20)11-24-18(21)15-7-6-13-4-2-3-5-14(13)10-15/h6-7,10,16H,2-5,8-9,11-12H2,1H3/t16-/m0/s1. The lowest BCUT2D eigenvalue weighted by atomic mass is 9.90. The maximum absolute atomic E-state index is 12.2. The van der Waals surface area contributed by atoms with Crippen molar-refractivity contribution >= 4 is 21.7 Å². The van der Waals surface area contributed by atoms with Gasteiger partial charge in [-0.05, 0) is 55.4 Å². The Labute approximate surface area is 148 Å². The molecule has 1 atom stereocenters. The molecule has 3 rings (SSSR count). The molecule has 0 aromatic heterocycles. The van der Waals surface area contributed by atoms with Crippen LogP contribution in [0.5, 0.6) is 0 Å². The average Bonchev–Trinajstić information content (AvgIpc) is 2.98. The van der Waals surface area contributed by atoms with Gasteiger partial charge in [0.2, 0.25) is 0 Å². The number of hydrogen-bond donors (Lipinski definition) is 0. The van der Waals surface area contributed by atoms with Crippen LogP contribution in [0.3, 0.4) is 0 Å². The van der Waals surface area contributed by atoms with Crippen LogP contribution >= 0.6 is 0 Å². The van der Waals surface area contributed by atoms with Crippen molar-refractivity contribution in [3.05, 3.63) is 34.9 Å². The van der Waals surface area contributed by atoms with E-state index in [4.69, 9.17) is 4.74 Å². The zero-order chi connectivity index (χ0) is 18.0. The fourth-order valence-corrected chi connectivity index (χ4v) is 5.23. The lowest BCUT2D eigenvalue weighted by molar-refractivity contribution is -0.134. The summed E-state index contributed by atoms with van der Waals surface area (Å²) in [7, 11) is -1.50. The summed E-state index contributed by atoms with van der Waals surface area (Å²) in [5, 5.41) is 0. The van der Waals surface area contributed by atoms with Crippen molar-refractivity contribution in [1.82, 2.24) is 4.90 Å². The fourth-order valence-electron chi connectivity index (χ4n) is 3.46. The molecule has 1 aromatic carbocycles. The van der Waals surface area contributed by atoms with Gasteiger partial charge < -0.3 is 9.64 Å². The summed E-state index contributed by atoms with van der Waals surface area (Å²) in [6.07, 6.45) is 4.74. The maximum Gasteiger partial charge on any atom is 0.338 e. The van der Waals surface area contributed by atoms with Crippen molar-refractivity contribution in [2.24, 2.45) is 0 Å². The number of carbonyl (C=O) groups excluding carboxylic acids is 2. The van der Waals surface area contributed by atoms with Crippen LogP contribution in [0.1, 0.15) is 40.7 Å². The van der Waals surface area contributed by atoms with E-state index in [2.05, 4.69) is 0 Å². The van der Waals surface area contributed by atoms with E-state index in [0.29, 0.717) is 12.0 Å². The monoisotopic (exact) mass is 365 g/mol. The van der Waals surface area contributed by atoms with Crippen molar-refractivity contribution in [1.29, 1.82) is 0 Å². The summed E-state index contributed by atoms with van der Waals surface area (Å²) in [6.45, 7) is -0.372. The molecule has 0 unspecified atom stereocenters. The average molecular weight is 365 g/mol. The zero-order valence-corrected chi connectivity index (χ0v) is 15.2. The second kappa shape index (κ2) is 7.15. The van der Waals surface area contributed by atoms with Crippen LogP contribution < -0.4 is 0 Å². The molecular weight excluding hydrogens is 342 g/mol. The van der Waals surface area contributed by atoms with Gasteiger partial charge in [0.15, 0.2) is 16.4 Å². The van der Waals surface area contributed by atoms with E-state index in [1.165, 1.54) is 22.4 Å². The first-order valence-corrected chi connectivity index (χ1v) is 10.4. The molecular formula is C18H23NO5S. The molecule has 0 N–H and O–H groups in total. The van der Waals surface area contributed by atoms with Crippen molar-refractivity contribution < 1.29 is 22.7 Å². The summed E-state index contributed by atoms with van der Waals surface area (Å²) >= 11 is 0. The normalized spacial score (nSPS) is 21.4. The van der Waals surface area contributed by atoms with E-state index in [0.717, 1.165) is 19.3 Å². The molecule has 2 aliphatic rings. The number of benzene rings is 1. The first kappa shape index (κ1) is 17.9. The Morgan fingerprint density at radius 3 is 2.60 bits per heavy atom. The fraction of sp³-hybridized carbons (Fsp3) is 0.556. The number of esters is 1. The van der Waals surface area contributed by atoms with E-state index in [9.17, 15) is 18.0 Å². The second-order valence-corrected chi connectivity index (χ2v) is 9.06. The van der Waals surface area contributed by atoms with Crippen molar-refractivity contribution in [3.63, 3.8) is 0 Å². The van der Waals surface area contributed by atoms with Crippen LogP contribution in [-0.4, -0.2) is 56.4 Å². The van der Waals surface area contributed by atoms with Gasteiger partial charge >= 0.3 is 5.97 Å². The molecule has 1 aromatic rings. The molecule has 1 aliphatic heterocycles. The van der Waals surface area contributed by atoms with Crippen LogP contribution in [0.4, 0.5) is 0 Å². The highest BCUT2D eigenvalue weighted by Gasteiger charge is 2.33. The summed E-state index contributed by atoms with van der Waals surface area (Å²) in [5.74, 6) is -0.819. The molecule has 1 heterocycles. The molecule has 1 saturated heterocycles. The quantitative estimate of drug-likeness (QED) is 0.753. The van der Waals surface area contributed by atoms with Gasteiger partial charge in [-0.1, -0.05) is 6.07 Å². The van der Waals surface area contributed by atoms with Gasteiger partial charge in [-0.15, -0.1) is 0 Å². The van der Waals surface area contributed by atoms with Crippen LogP contribution in [0.2, 0.25) is 0 Å². The van der Waals surface area contributed by atoms with Crippen LogP contribution in [-0.2, 0) is 32.2 Å². The third-order valence-corrected chi connectivity index (χ3v) is 6.81. The van der Waals surface area contributed by atoms with E-state index in [-0.39, 0.29) is 30.1 Å². The van der Waals surface area contributed by atoms with Gasteiger partial charge in [0.05, 0.1) is 17.1 Å². The highest BCUT2D eigenvalue weighted by Crippen LogP contribution is 2.22. The summed E-state index contributed by atoms with van der Waals surface area (Å²) in [5.41, 5.74) is 2.92. The number of nitrogens with zero attached hydrogens (tertiary/aromatic N) is 1. The van der Waals surface area contributed by atoms with Crippen LogP contribution in [0.25, 0.3) is 0 Å². The van der Waals surface area contributed by atoms with E-state index in [1.54, 1.807) is 13.1 Å². The summed E-state index contributed by atoms with van der Waals surface area (Å²) < 4.78 is 28.2. The van der Waals surface area contributed by atoms with Crippen LogP contribution in [0.15, 0.2) is 18.2 Å². The van der Waals surface area contributed by atoms with E-state index >= 15 is 0 Å². The third kappa shape index (κ3) is 4.21. The Morgan fingerprint density at radius 1 is 1.20 bits per heavy atom. The SMILES string of the molecule is CN(C(=O)COC(=O)c1ccc2c(c1)CCCC2)[C@H]1CCS(=O)(=O)C1. The minimum Gasteiger partial charge on any atom is -0.452 e. The minimum atomic E-state index is -3.06. The molecule has 6 nitrogen and oxygen atoms in total. The molecule has 1 amide bonds. The van der Waals surface area contributed by atoms with E-state index < -0.39 is 15.8 Å². The molecule has 0 radical (unpaired) electrons. The number of rotatable bonds is 4. The number of ether oxygens (including phenoxy) is 1. The molecule has 7 heteroatoms. The first-order chi connectivity index (χ1) is 11.9. The predicted molar refractivity (Wildman–Crippen MR) is 93.2 cm³/mol. The maximum atomic E-state index is 12.2. The molecule has 0 saturated carbocycles. The van der Waals surface area contributed by atoms with Crippen LogP contribution in [0, 0.1) is 0 Å². The zero-order valence-electron chi connectivity index (χ0n) is 14.4. The summed E-state index contributed by atoms with van der Waals surface area (Å²) in [6, 6.07) is 5.22. The lowest BCUT2D eigenvalue weighted by Crippen LogP contribution is -2.40. The van der Waals surface area contributed by atoms with Crippen molar-refractivity contribution in [2.45, 2.75) is 38.1 Å². The molecule has 0 bridgehead atoms. The lowest BCUT2D eigenvalue weighted by Gasteiger charge is -2.23. The first-order valence-electron chi connectivity index (χ1n) is 8.61. The van der Waals surface area contributed by atoms with Gasteiger partial charge in [-0.3, -0.25) is 4.79 Å². The molecule has 136 valence electrons. The number of amides is 1. The Morgan fingerprint density at radius 2 is 1.92 bits per heavy atom. The van der Waals surface area contributed by atoms with Gasteiger partial charge in [-0.2, -0.15) is 0 Å². The second-order valence-electron chi connectivity index (χ2n) is 6.83. The van der Waals surface area contributed by atoms with Gasteiger partial charge in [0.25, 0.3) is 5.91 Å². The highest BCUT2D eigenvalue weighted by atomic mass is 32.2. The Kier molecular flexibility index (Phi) is 5.13. The van der Waals surface area contributed by atoms with Crippen molar-refractivity contribution in [3.8, 4) is 0 Å². The number of carbonyl (C=O) groups is 2. The topological polar surface area (TPSA) is 80.8 Å². The van der Waals surface area contributed by atoms with Crippen molar-refractivity contribution in [2.75, 3.05) is 25.2 Å². The minimum absolute atomic E-state index is 0.0198. The number of hydrogen-bond acceptors (Lipinski definition) is 5. The number of sulfone groups is 1. The number of aryl methyl sites for hydroxylation is 2. The third-order valence-electron chi connectivity index (χ3n) is 5.06. The molecule has 1 aliphatic carbocycles. The summed E-state index contributed by atoms with van der Waals surface area (Å²) in [4.78, 5) is 25.7.